The van der Waals surface area contributed by atoms with E-state index < -0.39 is 5.91 Å². The van der Waals surface area contributed by atoms with Gasteiger partial charge in [0.1, 0.15) is 5.82 Å². The summed E-state index contributed by atoms with van der Waals surface area (Å²) in [5.74, 6) is -0.394. The molecule has 0 atom stereocenters. The Labute approximate surface area is 150 Å². The van der Waals surface area contributed by atoms with E-state index in [-0.39, 0.29) is 23.7 Å². The van der Waals surface area contributed by atoms with E-state index in [0.717, 1.165) is 16.7 Å². The third-order valence-electron chi connectivity index (χ3n) is 3.72. The summed E-state index contributed by atoms with van der Waals surface area (Å²) in [6.07, 6.45) is 1.60. The van der Waals surface area contributed by atoms with E-state index >= 15 is 0 Å². The van der Waals surface area contributed by atoms with Gasteiger partial charge in [-0.25, -0.2) is 4.98 Å². The van der Waals surface area contributed by atoms with Crippen LogP contribution in [-0.2, 0) is 11.3 Å². The van der Waals surface area contributed by atoms with Crippen LogP contribution in [0.15, 0.2) is 42.6 Å². The number of nitrogens with two attached hydrogens (primary N) is 2. The maximum atomic E-state index is 12.0. The van der Waals surface area contributed by atoms with Gasteiger partial charge in [-0.3, -0.25) is 9.59 Å². The average Bonchev–Trinajstić information content (AvgIpc) is 2.57. The third kappa shape index (κ3) is 4.43. The molecule has 0 saturated carbocycles. The highest BCUT2D eigenvalue weighted by atomic mass is 35.5. The smallest absolute Gasteiger partial charge is 0.245 e. The molecular formula is C18H19ClN4O2. The number of nitrogens with zero attached hydrogens (tertiary/aromatic N) is 1. The minimum absolute atomic E-state index is 0.0677. The van der Waals surface area contributed by atoms with E-state index in [1.54, 1.807) is 24.4 Å². The Morgan fingerprint density at radius 2 is 2.08 bits per heavy atom. The third-order valence-corrected chi connectivity index (χ3v) is 4.03. The van der Waals surface area contributed by atoms with E-state index in [1.807, 2.05) is 6.07 Å². The Morgan fingerprint density at radius 1 is 1.36 bits per heavy atom. The number of pyridine rings is 1. The Morgan fingerprint density at radius 3 is 2.68 bits per heavy atom. The molecule has 1 amide bonds. The van der Waals surface area contributed by atoms with E-state index in [0.29, 0.717) is 17.1 Å². The molecule has 1 aromatic carbocycles. The van der Waals surface area contributed by atoms with Gasteiger partial charge >= 0.3 is 0 Å². The second kappa shape index (κ2) is 7.92. The van der Waals surface area contributed by atoms with Crippen LogP contribution in [0.25, 0.3) is 11.1 Å². The number of benzene rings is 1. The van der Waals surface area contributed by atoms with Crippen LogP contribution in [0.5, 0.6) is 0 Å². The first-order valence-electron chi connectivity index (χ1n) is 7.53. The number of nitrogen functional groups attached to an aromatic ring is 1. The lowest BCUT2D eigenvalue weighted by atomic mass is 9.94. The maximum absolute atomic E-state index is 12.0. The Balaban J connectivity index is 2.40. The Bertz CT molecular complexity index is 849. The second-order valence-corrected chi connectivity index (χ2v) is 5.96. The van der Waals surface area contributed by atoms with Crippen LogP contribution in [0.3, 0.4) is 0 Å². The minimum atomic E-state index is -0.568. The molecule has 6 nitrogen and oxygen atoms in total. The van der Waals surface area contributed by atoms with Crippen molar-refractivity contribution in [2.75, 3.05) is 12.3 Å². The molecule has 130 valence electrons. The number of nitrogens with one attached hydrogen (secondary N) is 1. The van der Waals surface area contributed by atoms with Gasteiger partial charge < -0.3 is 16.8 Å². The molecule has 1 heterocycles. The predicted molar refractivity (Wildman–Crippen MR) is 99.1 cm³/mol. The Kier molecular flexibility index (Phi) is 5.90. The number of ketones is 1. The van der Waals surface area contributed by atoms with Gasteiger partial charge in [0, 0.05) is 36.0 Å². The van der Waals surface area contributed by atoms with Crippen molar-refractivity contribution in [3.63, 3.8) is 0 Å². The predicted octanol–water partition coefficient (Wildman–Crippen LogP) is 2.32. The van der Waals surface area contributed by atoms with Crippen LogP contribution in [0.2, 0.25) is 5.02 Å². The summed E-state index contributed by atoms with van der Waals surface area (Å²) in [5, 5.41) is 3.42. The van der Waals surface area contributed by atoms with Crippen LogP contribution in [0.1, 0.15) is 22.8 Å². The molecule has 7 heteroatoms. The van der Waals surface area contributed by atoms with Crippen molar-refractivity contribution < 1.29 is 9.59 Å². The number of aromatic nitrogens is 1. The van der Waals surface area contributed by atoms with Crippen LogP contribution < -0.4 is 16.8 Å². The molecule has 0 bridgehead atoms. The molecule has 5 N–H and O–H groups in total. The van der Waals surface area contributed by atoms with Crippen molar-refractivity contribution in [2.45, 2.75) is 13.5 Å². The molecule has 0 unspecified atom stereocenters. The number of halogens is 1. The molecular weight excluding hydrogens is 340 g/mol. The zero-order valence-corrected chi connectivity index (χ0v) is 14.6. The molecule has 2 aromatic rings. The number of hydrogen-bond donors (Lipinski definition) is 3. The highest BCUT2D eigenvalue weighted by Gasteiger charge is 2.14. The lowest BCUT2D eigenvalue weighted by molar-refractivity contribution is -0.114. The summed E-state index contributed by atoms with van der Waals surface area (Å²) in [5.41, 5.74) is 14.0. The van der Waals surface area contributed by atoms with Crippen molar-refractivity contribution in [3.8, 4) is 11.1 Å². The van der Waals surface area contributed by atoms with E-state index in [4.69, 9.17) is 23.1 Å². The molecule has 2 rings (SSSR count). The van der Waals surface area contributed by atoms with Crippen molar-refractivity contribution in [1.29, 1.82) is 0 Å². The van der Waals surface area contributed by atoms with Gasteiger partial charge in [-0.1, -0.05) is 36.4 Å². The number of hydrogen-bond acceptors (Lipinski definition) is 5. The summed E-state index contributed by atoms with van der Waals surface area (Å²) >= 11 is 6.07. The van der Waals surface area contributed by atoms with E-state index in [1.165, 1.54) is 6.92 Å². The van der Waals surface area contributed by atoms with Gasteiger partial charge in [-0.15, -0.1) is 0 Å². The largest absolute Gasteiger partial charge is 0.382 e. The molecule has 0 aliphatic rings. The summed E-state index contributed by atoms with van der Waals surface area (Å²) in [6.45, 7) is 5.67. The van der Waals surface area contributed by atoms with Gasteiger partial charge in [0.05, 0.1) is 5.02 Å². The minimum Gasteiger partial charge on any atom is -0.382 e. The molecule has 0 aliphatic heterocycles. The fraction of sp³-hybridized carbons (Fsp3) is 0.167. The van der Waals surface area contributed by atoms with Gasteiger partial charge in [-0.2, -0.15) is 0 Å². The summed E-state index contributed by atoms with van der Waals surface area (Å²) < 4.78 is 0. The van der Waals surface area contributed by atoms with Gasteiger partial charge in [-0.05, 0) is 24.1 Å². The zero-order valence-electron chi connectivity index (χ0n) is 13.8. The number of anilines is 1. The molecule has 0 aliphatic carbocycles. The first kappa shape index (κ1) is 18.6. The lowest BCUT2D eigenvalue weighted by Gasteiger charge is -2.15. The SMILES string of the molecule is C=C(CNCc1c(C(C)=O)cccc1-c1cnc(N)c(Cl)c1)C(N)=O. The lowest BCUT2D eigenvalue weighted by Crippen LogP contribution is -2.25. The quantitative estimate of drug-likeness (QED) is 0.519. The fourth-order valence-corrected chi connectivity index (χ4v) is 2.57. The van der Waals surface area contributed by atoms with Crippen molar-refractivity contribution in [3.05, 3.63) is 58.8 Å². The van der Waals surface area contributed by atoms with Crippen LogP contribution in [0.4, 0.5) is 5.82 Å². The first-order valence-corrected chi connectivity index (χ1v) is 7.91. The van der Waals surface area contributed by atoms with Crippen LogP contribution in [0, 0.1) is 0 Å². The summed E-state index contributed by atoms with van der Waals surface area (Å²) in [6, 6.07) is 7.12. The summed E-state index contributed by atoms with van der Waals surface area (Å²) in [4.78, 5) is 27.1. The number of amides is 1. The standard InChI is InChI=1S/C18H19ClN4O2/c1-10(18(21)25)7-22-9-15-13(11(2)24)4-3-5-14(15)12-6-16(19)17(20)23-8-12/h3-6,8,22H,1,7,9H2,2H3,(H2,20,23)(H2,21,25). The van der Waals surface area contributed by atoms with Gasteiger partial charge in [0.15, 0.2) is 5.78 Å². The normalized spacial score (nSPS) is 10.5. The molecule has 0 radical (unpaired) electrons. The topological polar surface area (TPSA) is 111 Å². The molecule has 0 saturated heterocycles. The average molecular weight is 359 g/mol. The molecule has 0 fully saturated rings. The first-order chi connectivity index (χ1) is 11.8. The zero-order chi connectivity index (χ0) is 18.6. The van der Waals surface area contributed by atoms with Crippen LogP contribution >= 0.6 is 11.6 Å². The van der Waals surface area contributed by atoms with Crippen LogP contribution in [-0.4, -0.2) is 23.2 Å². The van der Waals surface area contributed by atoms with Crippen molar-refractivity contribution in [2.24, 2.45) is 5.73 Å². The second-order valence-electron chi connectivity index (χ2n) is 5.55. The molecule has 1 aromatic heterocycles. The van der Waals surface area contributed by atoms with Crippen molar-refractivity contribution >= 4 is 29.1 Å². The van der Waals surface area contributed by atoms with E-state index in [9.17, 15) is 9.59 Å². The number of primary amides is 1. The number of carbonyl (C=O) groups excluding carboxylic acids is 2. The fourth-order valence-electron chi connectivity index (χ4n) is 2.40. The highest BCUT2D eigenvalue weighted by molar-refractivity contribution is 6.33. The van der Waals surface area contributed by atoms with Crippen molar-refractivity contribution in [1.82, 2.24) is 10.3 Å². The highest BCUT2D eigenvalue weighted by Crippen LogP contribution is 2.29. The van der Waals surface area contributed by atoms with Gasteiger partial charge in [0.25, 0.3) is 0 Å². The van der Waals surface area contributed by atoms with Gasteiger partial charge in [0.2, 0.25) is 5.91 Å². The number of rotatable bonds is 7. The van der Waals surface area contributed by atoms with E-state index in [2.05, 4.69) is 16.9 Å². The summed E-state index contributed by atoms with van der Waals surface area (Å²) in [7, 11) is 0. The maximum Gasteiger partial charge on any atom is 0.245 e. The number of carbonyl (C=O) groups is 2. The molecule has 0 spiro atoms. The monoisotopic (exact) mass is 358 g/mol. The number of Topliss-reactive ketones (excluding diaryl/α,β-unsaturated/α-hetero) is 1. The molecule has 25 heavy (non-hydrogen) atoms. The Hall–Kier alpha value is -2.70.